The van der Waals surface area contributed by atoms with Gasteiger partial charge in [0.15, 0.2) is 0 Å². The number of carboxylic acid groups (broad SMARTS) is 1. The number of hydrogen-bond acceptors (Lipinski definition) is 2. The summed E-state index contributed by atoms with van der Waals surface area (Å²) in [4.78, 5) is 22.6. The van der Waals surface area contributed by atoms with E-state index in [9.17, 15) is 14.7 Å². The highest BCUT2D eigenvalue weighted by molar-refractivity contribution is 9.09. The first kappa shape index (κ1) is 12.5. The lowest BCUT2D eigenvalue weighted by atomic mass is 9.65. The summed E-state index contributed by atoms with van der Waals surface area (Å²) in [7, 11) is 0. The van der Waals surface area contributed by atoms with Crippen LogP contribution in [0.15, 0.2) is 0 Å². The SMILES string of the molecule is CC1(C(=O)O)CCC(C(N)=O)C1(C)CBr. The van der Waals surface area contributed by atoms with E-state index >= 15 is 0 Å². The van der Waals surface area contributed by atoms with Crippen molar-refractivity contribution >= 4 is 27.8 Å². The number of halogens is 1. The highest BCUT2D eigenvalue weighted by atomic mass is 79.9. The van der Waals surface area contributed by atoms with Crippen molar-refractivity contribution in [2.75, 3.05) is 5.33 Å². The van der Waals surface area contributed by atoms with Gasteiger partial charge in [0.25, 0.3) is 0 Å². The van der Waals surface area contributed by atoms with Crippen molar-refractivity contribution < 1.29 is 14.7 Å². The fourth-order valence-electron chi connectivity index (χ4n) is 2.47. The molecular formula is C10H16BrNO3. The van der Waals surface area contributed by atoms with Gasteiger partial charge in [-0.1, -0.05) is 22.9 Å². The molecule has 1 fully saturated rings. The smallest absolute Gasteiger partial charge is 0.309 e. The number of hydrogen-bond donors (Lipinski definition) is 2. The number of carbonyl (C=O) groups is 2. The van der Waals surface area contributed by atoms with Crippen LogP contribution in [0.2, 0.25) is 0 Å². The summed E-state index contributed by atoms with van der Waals surface area (Å²) in [5.74, 6) is -1.62. The summed E-state index contributed by atoms with van der Waals surface area (Å²) in [5, 5.41) is 9.73. The Morgan fingerprint density at radius 1 is 1.53 bits per heavy atom. The lowest BCUT2D eigenvalue weighted by Crippen LogP contribution is -2.47. The van der Waals surface area contributed by atoms with Crippen LogP contribution in [0.4, 0.5) is 0 Å². The third kappa shape index (κ3) is 1.57. The van der Waals surface area contributed by atoms with Crippen molar-refractivity contribution in [1.29, 1.82) is 0 Å². The number of alkyl halides is 1. The van der Waals surface area contributed by atoms with Crippen molar-refractivity contribution in [3.63, 3.8) is 0 Å². The van der Waals surface area contributed by atoms with Crippen LogP contribution in [-0.4, -0.2) is 22.3 Å². The standard InChI is InChI=1S/C10H16BrNO3/c1-9(8(14)15)4-3-6(7(12)13)10(9,2)5-11/h6H,3-5H2,1-2H3,(H2,12,13)(H,14,15). The largest absolute Gasteiger partial charge is 0.481 e. The third-order valence-electron chi connectivity index (χ3n) is 4.06. The van der Waals surface area contributed by atoms with Crippen LogP contribution in [-0.2, 0) is 9.59 Å². The van der Waals surface area contributed by atoms with Crippen molar-refractivity contribution in [2.24, 2.45) is 22.5 Å². The van der Waals surface area contributed by atoms with E-state index in [1.54, 1.807) is 6.92 Å². The molecule has 1 aliphatic rings. The molecular weight excluding hydrogens is 262 g/mol. The molecule has 15 heavy (non-hydrogen) atoms. The van der Waals surface area contributed by atoms with Gasteiger partial charge < -0.3 is 10.8 Å². The first-order valence-electron chi connectivity index (χ1n) is 4.88. The molecule has 0 bridgehead atoms. The van der Waals surface area contributed by atoms with E-state index in [1.807, 2.05) is 6.92 Å². The first-order valence-corrected chi connectivity index (χ1v) is 6.00. The topological polar surface area (TPSA) is 80.4 Å². The van der Waals surface area contributed by atoms with Crippen molar-refractivity contribution in [3.05, 3.63) is 0 Å². The van der Waals surface area contributed by atoms with Crippen LogP contribution in [0.25, 0.3) is 0 Å². The average Bonchev–Trinajstić information content (AvgIpc) is 2.42. The van der Waals surface area contributed by atoms with Gasteiger partial charge in [0.05, 0.1) is 5.41 Å². The number of carboxylic acids is 1. The second-order valence-corrected chi connectivity index (χ2v) is 5.24. The Bertz CT molecular complexity index is 307. The Morgan fingerprint density at radius 3 is 2.40 bits per heavy atom. The molecule has 5 heteroatoms. The zero-order valence-electron chi connectivity index (χ0n) is 8.92. The van der Waals surface area contributed by atoms with Crippen molar-refractivity contribution in [1.82, 2.24) is 0 Å². The van der Waals surface area contributed by atoms with E-state index in [0.29, 0.717) is 18.2 Å². The number of amides is 1. The van der Waals surface area contributed by atoms with Gasteiger partial charge in [-0.3, -0.25) is 9.59 Å². The Hall–Kier alpha value is -0.580. The van der Waals surface area contributed by atoms with Gasteiger partial charge >= 0.3 is 5.97 Å². The lowest BCUT2D eigenvalue weighted by molar-refractivity contribution is -0.154. The molecule has 0 heterocycles. The summed E-state index contributed by atoms with van der Waals surface area (Å²) >= 11 is 3.31. The van der Waals surface area contributed by atoms with E-state index < -0.39 is 22.7 Å². The zero-order chi connectivity index (χ0) is 11.9. The minimum Gasteiger partial charge on any atom is -0.481 e. The molecule has 0 aliphatic heterocycles. The van der Waals surface area contributed by atoms with Crippen molar-refractivity contribution in [2.45, 2.75) is 26.7 Å². The number of rotatable bonds is 3. The molecule has 4 nitrogen and oxygen atoms in total. The van der Waals surface area contributed by atoms with Crippen LogP contribution in [0.5, 0.6) is 0 Å². The monoisotopic (exact) mass is 277 g/mol. The summed E-state index contributed by atoms with van der Waals surface area (Å²) in [6.45, 7) is 3.51. The second-order valence-electron chi connectivity index (χ2n) is 4.68. The molecule has 3 atom stereocenters. The fraction of sp³-hybridized carbons (Fsp3) is 0.800. The summed E-state index contributed by atoms with van der Waals surface area (Å²) in [6.07, 6.45) is 1.05. The number of primary amides is 1. The molecule has 1 amide bonds. The third-order valence-corrected chi connectivity index (χ3v) is 5.22. The predicted molar refractivity (Wildman–Crippen MR) is 59.6 cm³/mol. The van der Waals surface area contributed by atoms with Crippen LogP contribution in [0.1, 0.15) is 26.7 Å². The van der Waals surface area contributed by atoms with E-state index in [-0.39, 0.29) is 5.92 Å². The van der Waals surface area contributed by atoms with Gasteiger partial charge in [0.2, 0.25) is 5.91 Å². The lowest BCUT2D eigenvalue weighted by Gasteiger charge is -2.39. The molecule has 0 aromatic carbocycles. The highest BCUT2D eigenvalue weighted by Crippen LogP contribution is 2.56. The molecule has 0 saturated heterocycles. The zero-order valence-corrected chi connectivity index (χ0v) is 10.5. The van der Waals surface area contributed by atoms with Crippen LogP contribution in [0.3, 0.4) is 0 Å². The highest BCUT2D eigenvalue weighted by Gasteiger charge is 2.59. The average molecular weight is 278 g/mol. The molecule has 1 saturated carbocycles. The molecule has 0 aromatic rings. The van der Waals surface area contributed by atoms with Crippen LogP contribution < -0.4 is 5.73 Å². The minimum absolute atomic E-state index is 0.363. The molecule has 1 rings (SSSR count). The van der Waals surface area contributed by atoms with E-state index in [4.69, 9.17) is 5.73 Å². The van der Waals surface area contributed by atoms with E-state index in [0.717, 1.165) is 0 Å². The van der Waals surface area contributed by atoms with Gasteiger partial charge in [-0.2, -0.15) is 0 Å². The maximum Gasteiger partial charge on any atom is 0.309 e. The van der Waals surface area contributed by atoms with Crippen molar-refractivity contribution in [3.8, 4) is 0 Å². The number of aliphatic carboxylic acids is 1. The molecule has 3 N–H and O–H groups in total. The molecule has 0 spiro atoms. The number of carbonyl (C=O) groups excluding carboxylic acids is 1. The Balaban J connectivity index is 3.16. The molecule has 86 valence electrons. The van der Waals surface area contributed by atoms with Crippen LogP contribution in [0, 0.1) is 16.7 Å². The Kier molecular flexibility index (Phi) is 3.14. The van der Waals surface area contributed by atoms with E-state index in [2.05, 4.69) is 15.9 Å². The van der Waals surface area contributed by atoms with Gasteiger partial charge in [-0.25, -0.2) is 0 Å². The van der Waals surface area contributed by atoms with Gasteiger partial charge in [0, 0.05) is 16.7 Å². The maximum atomic E-state index is 11.3. The van der Waals surface area contributed by atoms with E-state index in [1.165, 1.54) is 0 Å². The first-order chi connectivity index (χ1) is 6.79. The minimum atomic E-state index is -0.879. The Morgan fingerprint density at radius 2 is 2.07 bits per heavy atom. The molecule has 0 aromatic heterocycles. The normalized spacial score (nSPS) is 40.3. The fourth-order valence-corrected chi connectivity index (χ4v) is 3.48. The maximum absolute atomic E-state index is 11.3. The molecule has 3 unspecified atom stereocenters. The van der Waals surface area contributed by atoms with Gasteiger partial charge in [0.1, 0.15) is 0 Å². The second kappa shape index (κ2) is 3.77. The number of nitrogens with two attached hydrogens (primary N) is 1. The summed E-state index contributed by atoms with van der Waals surface area (Å²) in [5.41, 5.74) is 3.83. The van der Waals surface area contributed by atoms with Gasteiger partial charge in [-0.05, 0) is 19.8 Å². The summed E-state index contributed by atoms with van der Waals surface area (Å²) < 4.78 is 0. The predicted octanol–water partition coefficient (Wildman–Crippen LogP) is 1.37. The summed E-state index contributed by atoms with van der Waals surface area (Å²) in [6, 6.07) is 0. The quantitative estimate of drug-likeness (QED) is 0.765. The molecule has 1 aliphatic carbocycles. The Labute approximate surface area is 97.3 Å². The van der Waals surface area contributed by atoms with Gasteiger partial charge in [-0.15, -0.1) is 0 Å². The van der Waals surface area contributed by atoms with Crippen LogP contribution >= 0.6 is 15.9 Å². The molecule has 0 radical (unpaired) electrons.